The van der Waals surface area contributed by atoms with Crippen molar-refractivity contribution < 1.29 is 9.53 Å². The number of hydrogen-bond donors (Lipinski definition) is 0. The van der Waals surface area contributed by atoms with Crippen LogP contribution in [0.2, 0.25) is 0 Å². The number of nitrogens with zero attached hydrogens (tertiary/aromatic N) is 1. The van der Waals surface area contributed by atoms with Crippen LogP contribution >= 0.6 is 0 Å². The third-order valence-electron chi connectivity index (χ3n) is 4.70. The molecule has 1 saturated carbocycles. The standard InChI is InChI=1S/C18H26NO2/c1-17(2,3)18(12-6-5-7-13-18)21-16-10-8-15(9-11-16)19(4)14-20/h8-11H,5-7,12-13H2,1-4H3. The number of ether oxygens (including phenoxy) is 1. The smallest absolute Gasteiger partial charge is 0.316 e. The van der Waals surface area contributed by atoms with Crippen molar-refractivity contribution in [3.05, 3.63) is 24.3 Å². The van der Waals surface area contributed by atoms with Gasteiger partial charge in [-0.25, -0.2) is 0 Å². The average Bonchev–Trinajstić information content (AvgIpc) is 2.47. The van der Waals surface area contributed by atoms with Crippen LogP contribution in [0.25, 0.3) is 0 Å². The van der Waals surface area contributed by atoms with Gasteiger partial charge >= 0.3 is 6.41 Å². The highest BCUT2D eigenvalue weighted by molar-refractivity contribution is 5.74. The van der Waals surface area contributed by atoms with Crippen LogP contribution in [0.5, 0.6) is 5.75 Å². The molecule has 3 heteroatoms. The van der Waals surface area contributed by atoms with Crippen molar-refractivity contribution in [2.75, 3.05) is 11.9 Å². The summed E-state index contributed by atoms with van der Waals surface area (Å²) in [7, 11) is 1.70. The second kappa shape index (κ2) is 6.08. The summed E-state index contributed by atoms with van der Waals surface area (Å²) < 4.78 is 6.46. The Balaban J connectivity index is 2.19. The number of benzene rings is 1. The highest BCUT2D eigenvalue weighted by Crippen LogP contribution is 2.45. The van der Waals surface area contributed by atoms with Crippen LogP contribution in [0.1, 0.15) is 52.9 Å². The van der Waals surface area contributed by atoms with Crippen LogP contribution in [0.4, 0.5) is 5.69 Å². The van der Waals surface area contributed by atoms with E-state index in [-0.39, 0.29) is 11.0 Å². The number of rotatable bonds is 4. The predicted octanol–water partition coefficient (Wildman–Crippen LogP) is 4.32. The molecule has 115 valence electrons. The molecular weight excluding hydrogens is 262 g/mol. The van der Waals surface area contributed by atoms with E-state index in [1.807, 2.05) is 30.7 Å². The van der Waals surface area contributed by atoms with Crippen LogP contribution in [-0.2, 0) is 4.79 Å². The minimum Gasteiger partial charge on any atom is -0.487 e. The van der Waals surface area contributed by atoms with Crippen molar-refractivity contribution in [2.45, 2.75) is 58.5 Å². The summed E-state index contributed by atoms with van der Waals surface area (Å²) in [6.45, 7) is 6.80. The zero-order chi connectivity index (χ0) is 15.5. The zero-order valence-corrected chi connectivity index (χ0v) is 13.6. The van der Waals surface area contributed by atoms with Gasteiger partial charge in [0.05, 0.1) is 0 Å². The minimum absolute atomic E-state index is 0.0878. The van der Waals surface area contributed by atoms with Crippen LogP contribution in [0.15, 0.2) is 24.3 Å². The van der Waals surface area contributed by atoms with Gasteiger partial charge in [-0.05, 0) is 49.9 Å². The third-order valence-corrected chi connectivity index (χ3v) is 4.70. The first-order valence-electron chi connectivity index (χ1n) is 7.79. The van der Waals surface area contributed by atoms with Crippen LogP contribution in [0.3, 0.4) is 0 Å². The minimum atomic E-state index is -0.0878. The van der Waals surface area contributed by atoms with E-state index in [2.05, 4.69) is 20.8 Å². The molecule has 0 bridgehead atoms. The molecule has 0 aromatic heterocycles. The van der Waals surface area contributed by atoms with E-state index in [1.54, 1.807) is 7.05 Å². The maximum absolute atomic E-state index is 10.7. The average molecular weight is 288 g/mol. The van der Waals surface area contributed by atoms with Crippen molar-refractivity contribution in [2.24, 2.45) is 5.41 Å². The molecule has 1 aromatic rings. The predicted molar refractivity (Wildman–Crippen MR) is 86.4 cm³/mol. The van der Waals surface area contributed by atoms with Gasteiger partial charge in [0.15, 0.2) is 0 Å². The van der Waals surface area contributed by atoms with E-state index < -0.39 is 0 Å². The monoisotopic (exact) mass is 288 g/mol. The summed E-state index contributed by atoms with van der Waals surface area (Å²) in [5.74, 6) is 0.884. The highest BCUT2D eigenvalue weighted by Gasteiger charge is 2.44. The Morgan fingerprint density at radius 1 is 1.10 bits per heavy atom. The van der Waals surface area contributed by atoms with Crippen molar-refractivity contribution in [1.29, 1.82) is 0 Å². The first kappa shape index (κ1) is 15.9. The number of carbonyl (C=O) groups excluding carboxylic acids is 1. The maximum Gasteiger partial charge on any atom is 0.316 e. The molecule has 1 amide bonds. The van der Waals surface area contributed by atoms with Gasteiger partial charge in [0.25, 0.3) is 0 Å². The van der Waals surface area contributed by atoms with E-state index in [9.17, 15) is 4.79 Å². The zero-order valence-electron chi connectivity index (χ0n) is 13.6. The fraction of sp³-hybridized carbons (Fsp3) is 0.611. The number of amides is 1. The Morgan fingerprint density at radius 2 is 1.67 bits per heavy atom. The lowest BCUT2D eigenvalue weighted by molar-refractivity contribution is -0.0614. The van der Waals surface area contributed by atoms with Gasteiger partial charge < -0.3 is 9.64 Å². The fourth-order valence-electron chi connectivity index (χ4n) is 3.14. The van der Waals surface area contributed by atoms with E-state index in [0.29, 0.717) is 0 Å². The second-order valence-electron chi connectivity index (χ2n) is 7.05. The molecule has 0 heterocycles. The summed E-state index contributed by atoms with van der Waals surface area (Å²) >= 11 is 0. The fourth-order valence-corrected chi connectivity index (χ4v) is 3.14. The lowest BCUT2D eigenvalue weighted by Crippen LogP contribution is -2.49. The second-order valence-corrected chi connectivity index (χ2v) is 7.05. The van der Waals surface area contributed by atoms with Gasteiger partial charge in [0, 0.05) is 18.2 Å². The van der Waals surface area contributed by atoms with Crippen molar-refractivity contribution in [1.82, 2.24) is 0 Å². The van der Waals surface area contributed by atoms with Crippen LogP contribution in [0, 0.1) is 5.41 Å². The molecule has 21 heavy (non-hydrogen) atoms. The van der Waals surface area contributed by atoms with Gasteiger partial charge in [-0.15, -0.1) is 0 Å². The Labute approximate surface area is 128 Å². The van der Waals surface area contributed by atoms with Crippen LogP contribution < -0.4 is 9.64 Å². The van der Waals surface area contributed by atoms with Gasteiger partial charge in [-0.2, -0.15) is 0 Å². The Hall–Kier alpha value is -1.51. The third kappa shape index (κ3) is 3.39. The molecule has 1 aromatic carbocycles. The molecule has 0 spiro atoms. The first-order valence-corrected chi connectivity index (χ1v) is 7.79. The Kier molecular flexibility index (Phi) is 4.60. The molecule has 0 N–H and O–H groups in total. The van der Waals surface area contributed by atoms with Gasteiger partial charge in [0.1, 0.15) is 11.4 Å². The van der Waals surface area contributed by atoms with Crippen molar-refractivity contribution in [3.8, 4) is 5.75 Å². The number of hydrogen-bond acceptors (Lipinski definition) is 2. The van der Waals surface area contributed by atoms with Gasteiger partial charge in [-0.1, -0.05) is 27.2 Å². The Morgan fingerprint density at radius 3 is 2.14 bits per heavy atom. The van der Waals surface area contributed by atoms with Crippen molar-refractivity contribution in [3.63, 3.8) is 0 Å². The maximum atomic E-state index is 10.7. The molecule has 1 radical (unpaired) electrons. The van der Waals surface area contributed by atoms with E-state index in [1.165, 1.54) is 24.2 Å². The largest absolute Gasteiger partial charge is 0.487 e. The number of anilines is 1. The van der Waals surface area contributed by atoms with E-state index in [4.69, 9.17) is 4.74 Å². The summed E-state index contributed by atoms with van der Waals surface area (Å²) in [5, 5.41) is 0. The molecular formula is C18H26NO2. The quantitative estimate of drug-likeness (QED) is 0.772. The molecule has 0 unspecified atom stereocenters. The highest BCUT2D eigenvalue weighted by atomic mass is 16.5. The lowest BCUT2D eigenvalue weighted by atomic mass is 9.68. The molecule has 1 aliphatic carbocycles. The first-order chi connectivity index (χ1) is 9.88. The van der Waals surface area contributed by atoms with Crippen molar-refractivity contribution >= 4 is 12.1 Å². The topological polar surface area (TPSA) is 29.5 Å². The summed E-state index contributed by atoms with van der Waals surface area (Å²) in [6, 6.07) is 7.70. The normalized spacial score (nSPS) is 18.1. The molecule has 1 aliphatic rings. The Bertz CT molecular complexity index is 467. The summed E-state index contributed by atoms with van der Waals surface area (Å²) in [4.78, 5) is 12.1. The van der Waals surface area contributed by atoms with Gasteiger partial charge in [-0.3, -0.25) is 4.79 Å². The molecule has 0 atom stereocenters. The molecule has 3 nitrogen and oxygen atoms in total. The summed E-state index contributed by atoms with van der Waals surface area (Å²) in [6.07, 6.45) is 7.85. The van der Waals surface area contributed by atoms with E-state index in [0.717, 1.165) is 24.3 Å². The van der Waals surface area contributed by atoms with Crippen LogP contribution in [-0.4, -0.2) is 19.1 Å². The molecule has 0 aliphatic heterocycles. The SMILES string of the molecule is CN([C]=O)c1ccc(OC2(C(C)(C)C)CCCCC2)cc1. The molecule has 1 fully saturated rings. The van der Waals surface area contributed by atoms with Gasteiger partial charge in [0.2, 0.25) is 0 Å². The molecule has 0 saturated heterocycles. The summed E-state index contributed by atoms with van der Waals surface area (Å²) in [5.41, 5.74) is 0.848. The lowest BCUT2D eigenvalue weighted by Gasteiger charge is -2.47. The van der Waals surface area contributed by atoms with E-state index >= 15 is 0 Å². The molecule has 2 rings (SSSR count).